The summed E-state index contributed by atoms with van der Waals surface area (Å²) in [4.78, 5) is 0. The van der Waals surface area contributed by atoms with Gasteiger partial charge in [0, 0.05) is 0 Å². The van der Waals surface area contributed by atoms with E-state index in [-0.39, 0.29) is 0 Å². The Kier molecular flexibility index (Phi) is 1.99. The van der Waals surface area contributed by atoms with Crippen molar-refractivity contribution in [3.05, 3.63) is 33.8 Å². The number of aliphatic hydroxyl groups is 1. The zero-order valence-corrected chi connectivity index (χ0v) is 7.67. The van der Waals surface area contributed by atoms with Crippen LogP contribution >= 0.6 is 11.6 Å². The molecule has 2 nitrogen and oxygen atoms in total. The summed E-state index contributed by atoms with van der Waals surface area (Å²) in [5.74, 6) is 0. The van der Waals surface area contributed by atoms with E-state index in [1.165, 1.54) is 0 Å². The number of fused-ring (bicyclic) bond motifs is 1. The normalized spacial score (nSPS) is 19.6. The van der Waals surface area contributed by atoms with Crippen LogP contribution in [0, 0.1) is 11.3 Å². The van der Waals surface area contributed by atoms with Crippen molar-refractivity contribution in [3.63, 3.8) is 0 Å². The quantitative estimate of drug-likeness (QED) is 0.687. The SMILES string of the molecule is N#Cc1cc2c(cc1Cl)C(O)CC2. The molecule has 1 aromatic carbocycles. The number of rotatable bonds is 0. The predicted octanol–water partition coefficient (Wildman–Crippen LogP) is 2.19. The summed E-state index contributed by atoms with van der Waals surface area (Å²) < 4.78 is 0. The van der Waals surface area contributed by atoms with Crippen molar-refractivity contribution in [2.45, 2.75) is 18.9 Å². The standard InChI is InChI=1S/C10H8ClNO/c11-9-4-8-6(1-2-10(8)13)3-7(9)5-12/h3-4,10,13H,1-2H2. The molecule has 3 heteroatoms. The lowest BCUT2D eigenvalue weighted by Gasteiger charge is -2.04. The summed E-state index contributed by atoms with van der Waals surface area (Å²) in [6.45, 7) is 0. The van der Waals surface area contributed by atoms with Crippen LogP contribution in [0.3, 0.4) is 0 Å². The Morgan fingerprint density at radius 2 is 2.31 bits per heavy atom. The van der Waals surface area contributed by atoms with Crippen molar-refractivity contribution >= 4 is 11.6 Å². The Labute approximate surface area is 81.4 Å². The zero-order chi connectivity index (χ0) is 9.42. The minimum Gasteiger partial charge on any atom is -0.388 e. The second-order valence-corrected chi connectivity index (χ2v) is 3.60. The lowest BCUT2D eigenvalue weighted by Crippen LogP contribution is -1.91. The maximum absolute atomic E-state index is 9.53. The van der Waals surface area contributed by atoms with Crippen LogP contribution in [-0.4, -0.2) is 5.11 Å². The molecule has 66 valence electrons. The average Bonchev–Trinajstić information content (AvgIpc) is 2.47. The van der Waals surface area contributed by atoms with Gasteiger partial charge in [-0.1, -0.05) is 11.6 Å². The zero-order valence-electron chi connectivity index (χ0n) is 6.92. The number of benzene rings is 1. The molecule has 1 N–H and O–H groups in total. The number of nitrogens with zero attached hydrogens (tertiary/aromatic N) is 1. The second-order valence-electron chi connectivity index (χ2n) is 3.20. The lowest BCUT2D eigenvalue weighted by molar-refractivity contribution is 0.180. The number of aryl methyl sites for hydroxylation is 1. The van der Waals surface area contributed by atoms with Gasteiger partial charge in [0.05, 0.1) is 16.7 Å². The Morgan fingerprint density at radius 3 is 3.00 bits per heavy atom. The number of hydrogen-bond acceptors (Lipinski definition) is 2. The molecule has 1 unspecified atom stereocenters. The number of halogens is 1. The maximum atomic E-state index is 9.53. The smallest absolute Gasteiger partial charge is 0.101 e. The Hall–Kier alpha value is -1.04. The van der Waals surface area contributed by atoms with Crippen molar-refractivity contribution in [1.29, 1.82) is 5.26 Å². The minimum absolute atomic E-state index is 0.403. The van der Waals surface area contributed by atoms with Gasteiger partial charge < -0.3 is 5.11 Å². The molecule has 0 saturated heterocycles. The lowest BCUT2D eigenvalue weighted by atomic mass is 10.1. The first-order valence-electron chi connectivity index (χ1n) is 4.13. The molecule has 13 heavy (non-hydrogen) atoms. The minimum atomic E-state index is -0.403. The van der Waals surface area contributed by atoms with E-state index in [0.717, 1.165) is 24.0 Å². The van der Waals surface area contributed by atoms with E-state index >= 15 is 0 Å². The first-order valence-corrected chi connectivity index (χ1v) is 4.50. The molecule has 0 bridgehead atoms. The van der Waals surface area contributed by atoms with Crippen LogP contribution in [-0.2, 0) is 6.42 Å². The van der Waals surface area contributed by atoms with Gasteiger partial charge >= 0.3 is 0 Å². The fraction of sp³-hybridized carbons (Fsp3) is 0.300. The highest BCUT2D eigenvalue weighted by Gasteiger charge is 2.21. The van der Waals surface area contributed by atoms with Crippen LogP contribution in [0.2, 0.25) is 5.02 Å². The van der Waals surface area contributed by atoms with Crippen molar-refractivity contribution in [3.8, 4) is 6.07 Å². The van der Waals surface area contributed by atoms with Crippen LogP contribution in [0.5, 0.6) is 0 Å². The number of aliphatic hydroxyl groups excluding tert-OH is 1. The summed E-state index contributed by atoms with van der Waals surface area (Å²) in [7, 11) is 0. The monoisotopic (exact) mass is 193 g/mol. The van der Waals surface area contributed by atoms with Crippen LogP contribution in [0.15, 0.2) is 12.1 Å². The number of nitriles is 1. The molecular formula is C10H8ClNO. The molecule has 0 heterocycles. The highest BCUT2D eigenvalue weighted by molar-refractivity contribution is 6.31. The molecule has 1 aliphatic rings. The van der Waals surface area contributed by atoms with Crippen LogP contribution in [0.25, 0.3) is 0 Å². The van der Waals surface area contributed by atoms with Crippen molar-refractivity contribution < 1.29 is 5.11 Å². The fourth-order valence-electron chi connectivity index (χ4n) is 1.69. The molecule has 2 rings (SSSR count). The maximum Gasteiger partial charge on any atom is 0.101 e. The summed E-state index contributed by atoms with van der Waals surface area (Å²) in [6.07, 6.45) is 1.17. The molecule has 1 atom stereocenters. The Bertz CT molecular complexity index is 395. The first-order chi connectivity index (χ1) is 6.22. The summed E-state index contributed by atoms with van der Waals surface area (Å²) in [6, 6.07) is 5.50. The van der Waals surface area contributed by atoms with Gasteiger partial charge in [-0.25, -0.2) is 0 Å². The highest BCUT2D eigenvalue weighted by Crippen LogP contribution is 2.34. The first kappa shape index (κ1) is 8.55. The van der Waals surface area contributed by atoms with Gasteiger partial charge in [-0.2, -0.15) is 5.26 Å². The second kappa shape index (κ2) is 3.02. The highest BCUT2D eigenvalue weighted by atomic mass is 35.5. The van der Waals surface area contributed by atoms with E-state index in [0.29, 0.717) is 10.6 Å². The molecule has 1 aliphatic carbocycles. The van der Waals surface area contributed by atoms with Crippen LogP contribution < -0.4 is 0 Å². The van der Waals surface area contributed by atoms with Gasteiger partial charge in [-0.3, -0.25) is 0 Å². The van der Waals surface area contributed by atoms with E-state index in [9.17, 15) is 5.11 Å². The Balaban J connectivity index is 2.58. The topological polar surface area (TPSA) is 44.0 Å². The fourth-order valence-corrected chi connectivity index (χ4v) is 1.91. The molecule has 1 aromatic rings. The van der Waals surface area contributed by atoms with Gasteiger partial charge in [0.1, 0.15) is 6.07 Å². The molecule has 0 aliphatic heterocycles. The van der Waals surface area contributed by atoms with Gasteiger partial charge in [0.15, 0.2) is 0 Å². The molecular weight excluding hydrogens is 186 g/mol. The van der Waals surface area contributed by atoms with E-state index in [2.05, 4.69) is 0 Å². The Morgan fingerprint density at radius 1 is 1.54 bits per heavy atom. The molecule has 0 spiro atoms. The van der Waals surface area contributed by atoms with Gasteiger partial charge in [0.25, 0.3) is 0 Å². The number of hydrogen-bond donors (Lipinski definition) is 1. The summed E-state index contributed by atoms with van der Waals surface area (Å²) >= 11 is 5.84. The van der Waals surface area contributed by atoms with E-state index in [4.69, 9.17) is 16.9 Å². The van der Waals surface area contributed by atoms with E-state index < -0.39 is 6.10 Å². The summed E-state index contributed by atoms with van der Waals surface area (Å²) in [5, 5.41) is 18.7. The third kappa shape index (κ3) is 1.31. The van der Waals surface area contributed by atoms with Crippen molar-refractivity contribution in [2.24, 2.45) is 0 Å². The summed E-state index contributed by atoms with van der Waals surface area (Å²) in [5.41, 5.74) is 2.42. The van der Waals surface area contributed by atoms with Gasteiger partial charge in [-0.05, 0) is 36.1 Å². The largest absolute Gasteiger partial charge is 0.388 e. The third-order valence-corrected chi connectivity index (χ3v) is 2.71. The molecule has 0 saturated carbocycles. The predicted molar refractivity (Wildman–Crippen MR) is 49.4 cm³/mol. The molecule has 0 amide bonds. The average molecular weight is 194 g/mol. The molecule has 0 aromatic heterocycles. The van der Waals surface area contributed by atoms with E-state index in [1.807, 2.05) is 6.07 Å². The molecule has 0 fully saturated rings. The third-order valence-electron chi connectivity index (χ3n) is 2.40. The van der Waals surface area contributed by atoms with Crippen LogP contribution in [0.1, 0.15) is 29.2 Å². The van der Waals surface area contributed by atoms with E-state index in [1.54, 1.807) is 12.1 Å². The van der Waals surface area contributed by atoms with Gasteiger partial charge in [0.2, 0.25) is 0 Å². The molecule has 0 radical (unpaired) electrons. The van der Waals surface area contributed by atoms with Crippen molar-refractivity contribution in [2.75, 3.05) is 0 Å². The van der Waals surface area contributed by atoms with Crippen LogP contribution in [0.4, 0.5) is 0 Å². The van der Waals surface area contributed by atoms with Gasteiger partial charge in [-0.15, -0.1) is 0 Å². The van der Waals surface area contributed by atoms with Crippen molar-refractivity contribution in [1.82, 2.24) is 0 Å².